The maximum absolute atomic E-state index is 12.5. The van der Waals surface area contributed by atoms with Crippen molar-refractivity contribution in [2.24, 2.45) is 0 Å². The van der Waals surface area contributed by atoms with Crippen molar-refractivity contribution in [3.63, 3.8) is 0 Å². The van der Waals surface area contributed by atoms with Gasteiger partial charge in [0.1, 0.15) is 5.75 Å². The molecule has 0 N–H and O–H groups in total. The predicted octanol–water partition coefficient (Wildman–Crippen LogP) is 1.84. The highest BCUT2D eigenvalue weighted by atomic mass is 16.5. The Kier molecular flexibility index (Phi) is 6.73. The molecule has 6 heteroatoms. The van der Waals surface area contributed by atoms with Crippen LogP contribution in [-0.2, 0) is 16.1 Å². The molecule has 2 fully saturated rings. The van der Waals surface area contributed by atoms with E-state index in [1.165, 1.54) is 5.56 Å². The summed E-state index contributed by atoms with van der Waals surface area (Å²) in [7, 11) is 5.61. The Bertz CT molecular complexity index is 622. The van der Waals surface area contributed by atoms with Crippen LogP contribution < -0.4 is 4.74 Å². The average molecular weight is 376 g/mol. The smallest absolute Gasteiger partial charge is 0.222 e. The zero-order valence-corrected chi connectivity index (χ0v) is 16.9. The summed E-state index contributed by atoms with van der Waals surface area (Å²) in [5, 5.41) is 0. The Morgan fingerprint density at radius 2 is 1.85 bits per heavy atom. The number of amides is 1. The number of hydrogen-bond donors (Lipinski definition) is 0. The number of nitrogens with zero attached hydrogens (tertiary/aromatic N) is 3. The molecule has 2 aliphatic rings. The average Bonchev–Trinajstić information content (AvgIpc) is 2.84. The van der Waals surface area contributed by atoms with Crippen molar-refractivity contribution in [3.05, 3.63) is 29.8 Å². The highest BCUT2D eigenvalue weighted by Gasteiger charge is 2.42. The lowest BCUT2D eigenvalue weighted by molar-refractivity contribution is -0.131. The summed E-state index contributed by atoms with van der Waals surface area (Å²) in [4.78, 5) is 19.5. The number of likely N-dealkylation sites (N-methyl/N-ethyl adjacent to an activating group) is 1. The summed E-state index contributed by atoms with van der Waals surface area (Å²) >= 11 is 0. The van der Waals surface area contributed by atoms with Crippen LogP contribution >= 0.6 is 0 Å². The molecule has 1 atom stereocenters. The summed E-state index contributed by atoms with van der Waals surface area (Å²) in [6, 6.07) is 8.35. The highest BCUT2D eigenvalue weighted by Crippen LogP contribution is 2.32. The van der Waals surface area contributed by atoms with E-state index in [-0.39, 0.29) is 11.4 Å². The van der Waals surface area contributed by atoms with Crippen molar-refractivity contribution < 1.29 is 14.3 Å². The van der Waals surface area contributed by atoms with Crippen molar-refractivity contribution in [2.45, 2.75) is 31.3 Å². The van der Waals surface area contributed by atoms with E-state index in [0.717, 1.165) is 51.3 Å². The van der Waals surface area contributed by atoms with Crippen LogP contribution in [0.1, 0.15) is 24.8 Å². The Morgan fingerprint density at radius 3 is 2.56 bits per heavy atom. The second-order valence-corrected chi connectivity index (χ2v) is 7.83. The molecule has 27 heavy (non-hydrogen) atoms. The van der Waals surface area contributed by atoms with E-state index >= 15 is 0 Å². The molecule has 0 unspecified atom stereocenters. The number of rotatable bonds is 6. The second kappa shape index (κ2) is 9.04. The van der Waals surface area contributed by atoms with Gasteiger partial charge in [0.05, 0.1) is 13.7 Å². The van der Waals surface area contributed by atoms with Crippen LogP contribution in [0.2, 0.25) is 0 Å². The van der Waals surface area contributed by atoms with Crippen molar-refractivity contribution in [1.29, 1.82) is 0 Å². The number of methoxy groups -OCH3 is 2. The summed E-state index contributed by atoms with van der Waals surface area (Å²) in [6.07, 6.45) is 2.59. The summed E-state index contributed by atoms with van der Waals surface area (Å²) in [6.45, 7) is 6.20. The van der Waals surface area contributed by atoms with E-state index < -0.39 is 0 Å². The fourth-order valence-electron chi connectivity index (χ4n) is 4.34. The number of benzene rings is 1. The largest absolute Gasteiger partial charge is 0.497 e. The summed E-state index contributed by atoms with van der Waals surface area (Å²) in [5.41, 5.74) is 1.39. The van der Waals surface area contributed by atoms with Crippen LogP contribution in [0.25, 0.3) is 0 Å². The Hall–Kier alpha value is -1.63. The van der Waals surface area contributed by atoms with E-state index in [2.05, 4.69) is 29.0 Å². The van der Waals surface area contributed by atoms with E-state index in [1.807, 2.05) is 17.0 Å². The molecule has 2 aliphatic heterocycles. The molecule has 2 heterocycles. The Balaban J connectivity index is 1.65. The van der Waals surface area contributed by atoms with Crippen molar-refractivity contribution in [2.75, 3.05) is 60.6 Å². The van der Waals surface area contributed by atoms with Gasteiger partial charge in [0.2, 0.25) is 5.91 Å². The van der Waals surface area contributed by atoms with Crippen LogP contribution in [0.3, 0.4) is 0 Å². The van der Waals surface area contributed by atoms with E-state index in [0.29, 0.717) is 19.6 Å². The van der Waals surface area contributed by atoms with E-state index in [4.69, 9.17) is 9.47 Å². The molecule has 3 rings (SSSR count). The Labute approximate surface area is 163 Å². The van der Waals surface area contributed by atoms with Gasteiger partial charge in [-0.3, -0.25) is 14.6 Å². The standard InChI is InChI=1S/C21H33N3O3/c1-22-12-13-23(16-18-4-6-19(27-3)7-5-18)17-21(22)9-8-20(25)24(11-10-21)14-15-26-2/h4-7H,8-17H2,1-3H3/t21-/m0/s1. The maximum Gasteiger partial charge on any atom is 0.222 e. The SMILES string of the molecule is COCCN1CC[C@@]2(CCC1=O)CN(Cc1ccc(OC)cc1)CCN2C. The third-order valence-electron chi connectivity index (χ3n) is 6.21. The lowest BCUT2D eigenvalue weighted by Crippen LogP contribution is -2.60. The molecule has 150 valence electrons. The minimum absolute atomic E-state index is 0.0855. The monoisotopic (exact) mass is 375 g/mol. The normalized spacial score (nSPS) is 25.0. The fourth-order valence-corrected chi connectivity index (χ4v) is 4.34. The Morgan fingerprint density at radius 1 is 1.07 bits per heavy atom. The number of carbonyl (C=O) groups excluding carboxylic acids is 1. The van der Waals surface area contributed by atoms with Crippen LogP contribution in [0.4, 0.5) is 0 Å². The van der Waals surface area contributed by atoms with Crippen LogP contribution in [-0.4, -0.2) is 86.7 Å². The van der Waals surface area contributed by atoms with Gasteiger partial charge in [-0.1, -0.05) is 12.1 Å². The molecule has 6 nitrogen and oxygen atoms in total. The minimum atomic E-state index is 0.0855. The topological polar surface area (TPSA) is 45.3 Å². The van der Waals surface area contributed by atoms with Gasteiger partial charge in [0, 0.05) is 58.3 Å². The maximum atomic E-state index is 12.5. The molecule has 0 bridgehead atoms. The van der Waals surface area contributed by atoms with Gasteiger partial charge in [-0.25, -0.2) is 0 Å². The van der Waals surface area contributed by atoms with Crippen molar-refractivity contribution in [1.82, 2.24) is 14.7 Å². The number of ether oxygens (including phenoxy) is 2. The zero-order chi connectivity index (χ0) is 19.3. The zero-order valence-electron chi connectivity index (χ0n) is 16.9. The first-order valence-corrected chi connectivity index (χ1v) is 9.89. The first kappa shape index (κ1) is 20.1. The van der Waals surface area contributed by atoms with Gasteiger partial charge in [-0.15, -0.1) is 0 Å². The molecule has 0 aromatic heterocycles. The minimum Gasteiger partial charge on any atom is -0.497 e. The molecule has 2 saturated heterocycles. The van der Waals surface area contributed by atoms with Crippen LogP contribution in [0.15, 0.2) is 24.3 Å². The lowest BCUT2D eigenvalue weighted by atomic mass is 9.86. The molecular formula is C21H33N3O3. The number of hydrogen-bond acceptors (Lipinski definition) is 5. The van der Waals surface area contributed by atoms with Gasteiger partial charge >= 0.3 is 0 Å². The molecule has 0 aliphatic carbocycles. The highest BCUT2D eigenvalue weighted by molar-refractivity contribution is 5.76. The van der Waals surface area contributed by atoms with Crippen molar-refractivity contribution >= 4 is 5.91 Å². The molecule has 1 aromatic rings. The van der Waals surface area contributed by atoms with Crippen molar-refractivity contribution in [3.8, 4) is 5.75 Å². The third kappa shape index (κ3) is 4.81. The van der Waals surface area contributed by atoms with Gasteiger partial charge in [-0.2, -0.15) is 0 Å². The van der Waals surface area contributed by atoms with Crippen LogP contribution in [0, 0.1) is 0 Å². The molecule has 0 saturated carbocycles. The first-order chi connectivity index (χ1) is 13.1. The second-order valence-electron chi connectivity index (χ2n) is 7.83. The first-order valence-electron chi connectivity index (χ1n) is 9.89. The fraction of sp³-hybridized carbons (Fsp3) is 0.667. The number of carbonyl (C=O) groups is 1. The molecule has 1 aromatic carbocycles. The number of likely N-dealkylation sites (tertiary alicyclic amines) is 1. The van der Waals surface area contributed by atoms with Gasteiger partial charge in [-0.05, 0) is 37.6 Å². The quantitative estimate of drug-likeness (QED) is 0.759. The summed E-state index contributed by atoms with van der Waals surface area (Å²) in [5.74, 6) is 1.16. The van der Waals surface area contributed by atoms with Gasteiger partial charge in [0.15, 0.2) is 0 Å². The molecule has 1 spiro atoms. The van der Waals surface area contributed by atoms with E-state index in [9.17, 15) is 4.79 Å². The van der Waals surface area contributed by atoms with Gasteiger partial charge in [0.25, 0.3) is 0 Å². The van der Waals surface area contributed by atoms with Crippen LogP contribution in [0.5, 0.6) is 5.75 Å². The molecule has 0 radical (unpaired) electrons. The molecule has 1 amide bonds. The lowest BCUT2D eigenvalue weighted by Gasteiger charge is -2.49. The number of piperazine rings is 1. The van der Waals surface area contributed by atoms with Gasteiger partial charge < -0.3 is 14.4 Å². The predicted molar refractivity (Wildman–Crippen MR) is 106 cm³/mol. The summed E-state index contributed by atoms with van der Waals surface area (Å²) < 4.78 is 10.4. The molecular weight excluding hydrogens is 342 g/mol. The third-order valence-corrected chi connectivity index (χ3v) is 6.21. The van der Waals surface area contributed by atoms with E-state index in [1.54, 1.807) is 14.2 Å².